The number of hydrazone groups is 1. The number of aromatic nitrogens is 5. The van der Waals surface area contributed by atoms with Gasteiger partial charge >= 0.3 is 0 Å². The predicted octanol–water partition coefficient (Wildman–Crippen LogP) is 2.77. The Hall–Kier alpha value is -2.09. The zero-order valence-corrected chi connectivity index (χ0v) is 16.1. The van der Waals surface area contributed by atoms with E-state index >= 15 is 0 Å². The first-order valence-corrected chi connectivity index (χ1v) is 10.3. The van der Waals surface area contributed by atoms with Crippen LogP contribution in [-0.4, -0.2) is 36.7 Å². The minimum absolute atomic E-state index is 0.124. The summed E-state index contributed by atoms with van der Waals surface area (Å²) in [6, 6.07) is 0.383. The molecule has 9 heteroatoms. The number of nitrogens with one attached hydrogen (secondary N) is 1. The van der Waals surface area contributed by atoms with Crippen LogP contribution in [0.2, 0.25) is 5.28 Å². The number of halogens is 1. The number of imidazole rings is 1. The molecule has 0 aromatic carbocycles. The van der Waals surface area contributed by atoms with Crippen molar-refractivity contribution >= 4 is 23.4 Å². The maximum absolute atomic E-state index is 6.48. The predicted molar refractivity (Wildman–Crippen MR) is 102 cm³/mol. The van der Waals surface area contributed by atoms with Crippen LogP contribution in [0.3, 0.4) is 0 Å². The van der Waals surface area contributed by atoms with Crippen LogP contribution in [0.15, 0.2) is 17.5 Å². The van der Waals surface area contributed by atoms with Crippen molar-refractivity contribution in [2.24, 2.45) is 16.4 Å². The van der Waals surface area contributed by atoms with E-state index in [4.69, 9.17) is 11.6 Å². The van der Waals surface area contributed by atoms with E-state index in [9.17, 15) is 0 Å². The summed E-state index contributed by atoms with van der Waals surface area (Å²) in [6.07, 6.45) is 12.3. The highest BCUT2D eigenvalue weighted by molar-refractivity contribution is 6.28. The molecular weight excluding hydrogens is 364 g/mol. The molecule has 2 fully saturated rings. The summed E-state index contributed by atoms with van der Waals surface area (Å²) in [5.41, 5.74) is 4.80. The summed E-state index contributed by atoms with van der Waals surface area (Å²) >= 11 is 6.48. The van der Waals surface area contributed by atoms with Crippen LogP contribution in [0, 0.1) is 11.3 Å². The third kappa shape index (κ3) is 2.35. The SMILES string of the molecule is CC1(Cc2cn(C3=NNC4C5CCCCC5n5c(cnc5Cl)N34)nn2)CC1. The van der Waals surface area contributed by atoms with Gasteiger partial charge in [0.1, 0.15) is 12.0 Å². The average molecular weight is 387 g/mol. The number of hydrogen-bond acceptors (Lipinski definition) is 6. The van der Waals surface area contributed by atoms with Crippen molar-refractivity contribution in [2.75, 3.05) is 4.90 Å². The van der Waals surface area contributed by atoms with Crippen LogP contribution < -0.4 is 10.3 Å². The summed E-state index contributed by atoms with van der Waals surface area (Å²) in [4.78, 5) is 6.60. The summed E-state index contributed by atoms with van der Waals surface area (Å²) in [5, 5.41) is 14.0. The van der Waals surface area contributed by atoms with E-state index in [0.717, 1.165) is 36.7 Å². The highest BCUT2D eigenvalue weighted by Crippen LogP contribution is 2.48. The zero-order chi connectivity index (χ0) is 18.2. The topological polar surface area (TPSA) is 76.2 Å². The second-order valence-electron chi connectivity index (χ2n) is 8.77. The largest absolute Gasteiger partial charge is 0.298 e. The molecule has 0 spiro atoms. The average Bonchev–Trinajstić information content (AvgIpc) is 3.07. The van der Waals surface area contributed by atoms with Gasteiger partial charge in [-0.25, -0.2) is 4.98 Å². The Morgan fingerprint density at radius 1 is 1.30 bits per heavy atom. The molecule has 142 valence electrons. The van der Waals surface area contributed by atoms with Crippen molar-refractivity contribution in [3.8, 4) is 0 Å². The lowest BCUT2D eigenvalue weighted by molar-refractivity contribution is 0.176. The number of hydrogen-bond donors (Lipinski definition) is 1. The van der Waals surface area contributed by atoms with Crippen molar-refractivity contribution in [3.05, 3.63) is 23.4 Å². The van der Waals surface area contributed by atoms with E-state index in [0.29, 0.717) is 22.7 Å². The molecule has 2 aromatic heterocycles. The van der Waals surface area contributed by atoms with Crippen molar-refractivity contribution in [2.45, 2.75) is 64.1 Å². The van der Waals surface area contributed by atoms with Gasteiger partial charge < -0.3 is 0 Å². The molecule has 0 saturated heterocycles. The van der Waals surface area contributed by atoms with Gasteiger partial charge in [0.25, 0.3) is 5.96 Å². The van der Waals surface area contributed by atoms with Gasteiger partial charge in [0, 0.05) is 12.0 Å². The van der Waals surface area contributed by atoms with Gasteiger partial charge in [0.05, 0.1) is 18.1 Å². The van der Waals surface area contributed by atoms with Gasteiger partial charge in [0.2, 0.25) is 5.28 Å². The highest BCUT2D eigenvalue weighted by atomic mass is 35.5. The van der Waals surface area contributed by atoms with E-state index < -0.39 is 0 Å². The maximum Gasteiger partial charge on any atom is 0.252 e. The van der Waals surface area contributed by atoms with Crippen LogP contribution >= 0.6 is 11.6 Å². The fourth-order valence-corrected chi connectivity index (χ4v) is 5.26. The summed E-state index contributed by atoms with van der Waals surface area (Å²) in [6.45, 7) is 2.31. The van der Waals surface area contributed by atoms with E-state index in [1.54, 1.807) is 4.68 Å². The Balaban J connectivity index is 1.37. The zero-order valence-electron chi connectivity index (χ0n) is 15.3. The molecule has 4 aliphatic rings. The molecule has 3 atom stereocenters. The molecule has 2 aliphatic heterocycles. The fourth-order valence-electron chi connectivity index (χ4n) is 5.00. The molecular formula is C18H23ClN8. The third-order valence-corrected chi connectivity index (χ3v) is 7.03. The van der Waals surface area contributed by atoms with Crippen molar-refractivity contribution in [1.82, 2.24) is 30.0 Å². The smallest absolute Gasteiger partial charge is 0.252 e. The van der Waals surface area contributed by atoms with Crippen LogP contribution in [0.1, 0.15) is 57.2 Å². The number of rotatable bonds is 2. The second-order valence-corrected chi connectivity index (χ2v) is 9.11. The number of fused-ring (bicyclic) bond motifs is 6. The van der Waals surface area contributed by atoms with E-state index in [-0.39, 0.29) is 6.17 Å². The Labute approximate surface area is 162 Å². The number of anilines is 1. The molecule has 0 bridgehead atoms. The van der Waals surface area contributed by atoms with Gasteiger partial charge in [-0.3, -0.25) is 14.9 Å². The minimum Gasteiger partial charge on any atom is -0.298 e. The Morgan fingerprint density at radius 2 is 2.15 bits per heavy atom. The molecule has 8 nitrogen and oxygen atoms in total. The van der Waals surface area contributed by atoms with Gasteiger partial charge in [0.15, 0.2) is 0 Å². The first-order valence-electron chi connectivity index (χ1n) is 9.90. The molecule has 0 radical (unpaired) electrons. The van der Waals surface area contributed by atoms with Gasteiger partial charge in [-0.05, 0) is 49.1 Å². The molecule has 0 amide bonds. The summed E-state index contributed by atoms with van der Waals surface area (Å²) < 4.78 is 3.98. The van der Waals surface area contributed by atoms with Crippen LogP contribution in [-0.2, 0) is 6.42 Å². The molecule has 4 heterocycles. The van der Waals surface area contributed by atoms with Crippen molar-refractivity contribution < 1.29 is 0 Å². The lowest BCUT2D eigenvalue weighted by Gasteiger charge is -2.45. The van der Waals surface area contributed by atoms with E-state index in [2.05, 4.69) is 42.2 Å². The molecule has 6 rings (SSSR count). The molecule has 3 unspecified atom stereocenters. The van der Waals surface area contributed by atoms with Crippen LogP contribution in [0.4, 0.5) is 5.82 Å². The molecule has 2 saturated carbocycles. The van der Waals surface area contributed by atoms with E-state index in [1.165, 1.54) is 25.7 Å². The fraction of sp³-hybridized carbons (Fsp3) is 0.667. The second kappa shape index (κ2) is 5.47. The lowest BCUT2D eigenvalue weighted by Crippen LogP contribution is -2.54. The Morgan fingerprint density at radius 3 is 3.00 bits per heavy atom. The molecule has 1 N–H and O–H groups in total. The monoisotopic (exact) mass is 386 g/mol. The molecule has 2 aliphatic carbocycles. The quantitative estimate of drug-likeness (QED) is 0.858. The molecule has 2 aromatic rings. The van der Waals surface area contributed by atoms with Gasteiger partial charge in [-0.2, -0.15) is 4.68 Å². The van der Waals surface area contributed by atoms with Crippen molar-refractivity contribution in [3.63, 3.8) is 0 Å². The van der Waals surface area contributed by atoms with Crippen molar-refractivity contribution in [1.29, 1.82) is 0 Å². The normalized spacial score (nSPS) is 30.2. The summed E-state index contributed by atoms with van der Waals surface area (Å²) in [7, 11) is 0. The van der Waals surface area contributed by atoms with Gasteiger partial charge in [-0.15, -0.1) is 10.2 Å². The number of nitrogens with zero attached hydrogens (tertiary/aromatic N) is 7. The first kappa shape index (κ1) is 15.9. The maximum atomic E-state index is 6.48. The van der Waals surface area contributed by atoms with Crippen LogP contribution in [0.25, 0.3) is 0 Å². The molecule has 27 heavy (non-hydrogen) atoms. The summed E-state index contributed by atoms with van der Waals surface area (Å²) in [5.74, 6) is 2.19. The minimum atomic E-state index is 0.124. The van der Waals surface area contributed by atoms with E-state index in [1.807, 2.05) is 12.4 Å². The Bertz CT molecular complexity index is 926. The third-order valence-electron chi connectivity index (χ3n) is 6.75. The lowest BCUT2D eigenvalue weighted by atomic mass is 9.80. The highest BCUT2D eigenvalue weighted by Gasteiger charge is 2.48. The first-order chi connectivity index (χ1) is 13.1. The Kier molecular flexibility index (Phi) is 3.22. The van der Waals surface area contributed by atoms with Crippen LogP contribution in [0.5, 0.6) is 0 Å². The van der Waals surface area contributed by atoms with Gasteiger partial charge in [-0.1, -0.05) is 25.0 Å². The standard InChI is InChI=1S/C18H23ClN8/c1-18(6-7-18)8-11-10-25(24-21-11)17-23-22-15-12-4-2-3-5-13(12)26-14(27(15)17)9-20-16(26)19/h9-10,12-13,15,22H,2-8H2,1H3.